The van der Waals surface area contributed by atoms with Crippen molar-refractivity contribution in [2.45, 2.75) is 13.8 Å². The summed E-state index contributed by atoms with van der Waals surface area (Å²) in [5.41, 5.74) is 0.604. The van der Waals surface area contributed by atoms with Crippen LogP contribution >= 0.6 is 23.2 Å². The third kappa shape index (κ3) is 5.75. The molecule has 2 aromatic carbocycles. The molecule has 2 aromatic rings. The Hall–Kier alpha value is -2.57. The first-order chi connectivity index (χ1) is 12.2. The topological polar surface area (TPSA) is 81.7 Å². The molecule has 0 aromatic heterocycles. The number of esters is 2. The second-order valence-corrected chi connectivity index (χ2v) is 6.43. The lowest BCUT2D eigenvalue weighted by molar-refractivity contribution is -0.140. The Bertz CT molecular complexity index is 814. The predicted molar refractivity (Wildman–Crippen MR) is 97.8 cm³/mol. The predicted octanol–water partition coefficient (Wildman–Crippen LogP) is 4.94. The van der Waals surface area contributed by atoms with Gasteiger partial charge in [0.05, 0.1) is 11.5 Å². The summed E-state index contributed by atoms with van der Waals surface area (Å²) in [6.07, 6.45) is -0.896. The van der Waals surface area contributed by atoms with E-state index in [1.807, 2.05) is 0 Å². The van der Waals surface area contributed by atoms with Gasteiger partial charge in [0.15, 0.2) is 0 Å². The van der Waals surface area contributed by atoms with Crippen LogP contribution in [0, 0.1) is 5.92 Å². The highest BCUT2D eigenvalue weighted by atomic mass is 35.5. The summed E-state index contributed by atoms with van der Waals surface area (Å²) in [4.78, 5) is 35.1. The van der Waals surface area contributed by atoms with Crippen LogP contribution in [0.5, 0.6) is 5.75 Å². The Balaban J connectivity index is 1.99. The van der Waals surface area contributed by atoms with E-state index >= 15 is 0 Å². The van der Waals surface area contributed by atoms with Crippen LogP contribution in [-0.4, -0.2) is 18.0 Å². The van der Waals surface area contributed by atoms with Gasteiger partial charge in [0, 0.05) is 15.7 Å². The minimum atomic E-state index is -0.896. The Morgan fingerprint density at radius 2 is 1.54 bits per heavy atom. The quantitative estimate of drug-likeness (QED) is 0.450. The molecule has 8 heteroatoms. The Morgan fingerprint density at radius 1 is 0.962 bits per heavy atom. The fraction of sp³-hybridized carbons (Fsp3) is 0.167. The number of hydrogen-bond acceptors (Lipinski definition) is 5. The normalized spacial score (nSPS) is 10.3. The van der Waals surface area contributed by atoms with Gasteiger partial charge in [-0.15, -0.1) is 0 Å². The van der Waals surface area contributed by atoms with Gasteiger partial charge in [-0.05, 0) is 42.5 Å². The fourth-order valence-electron chi connectivity index (χ4n) is 1.80. The summed E-state index contributed by atoms with van der Waals surface area (Å²) in [5.74, 6) is -1.46. The van der Waals surface area contributed by atoms with Crippen molar-refractivity contribution < 1.29 is 23.9 Å². The van der Waals surface area contributed by atoms with Crippen LogP contribution < -0.4 is 10.1 Å². The van der Waals surface area contributed by atoms with Crippen LogP contribution in [0.25, 0.3) is 0 Å². The molecular weight excluding hydrogens is 381 g/mol. The molecule has 0 saturated carbocycles. The molecule has 6 nitrogen and oxygen atoms in total. The molecule has 0 bridgehead atoms. The molecule has 0 unspecified atom stereocenters. The molecule has 2 rings (SSSR count). The molecule has 0 aliphatic heterocycles. The second-order valence-electron chi connectivity index (χ2n) is 5.56. The number of nitrogens with one attached hydrogen (secondary N) is 1. The number of rotatable bonds is 4. The maximum atomic E-state index is 12.1. The average Bonchev–Trinajstić information content (AvgIpc) is 2.54. The molecular formula is C18H15Cl2NO5. The monoisotopic (exact) mass is 395 g/mol. The van der Waals surface area contributed by atoms with Gasteiger partial charge in [-0.3, -0.25) is 10.1 Å². The highest BCUT2D eigenvalue weighted by Crippen LogP contribution is 2.25. The first-order valence-corrected chi connectivity index (χ1v) is 8.31. The van der Waals surface area contributed by atoms with Crippen LogP contribution in [0.3, 0.4) is 0 Å². The van der Waals surface area contributed by atoms with Crippen LogP contribution in [0.15, 0.2) is 42.5 Å². The zero-order chi connectivity index (χ0) is 19.3. The molecule has 26 heavy (non-hydrogen) atoms. The molecule has 0 radical (unpaired) electrons. The van der Waals surface area contributed by atoms with Crippen molar-refractivity contribution in [3.63, 3.8) is 0 Å². The summed E-state index contributed by atoms with van der Waals surface area (Å²) in [6, 6.07) is 10.3. The van der Waals surface area contributed by atoms with E-state index < -0.39 is 23.9 Å². The van der Waals surface area contributed by atoms with Gasteiger partial charge in [0.25, 0.3) is 0 Å². The molecule has 0 fully saturated rings. The molecule has 136 valence electrons. The third-order valence-corrected chi connectivity index (χ3v) is 3.51. The first kappa shape index (κ1) is 19.8. The fourth-order valence-corrected chi connectivity index (χ4v) is 2.30. The van der Waals surface area contributed by atoms with E-state index in [1.165, 1.54) is 42.5 Å². The lowest BCUT2D eigenvalue weighted by Gasteiger charge is -2.08. The van der Waals surface area contributed by atoms with Crippen LogP contribution in [0.2, 0.25) is 10.0 Å². The smallest absolute Gasteiger partial charge is 0.419 e. The minimum Gasteiger partial charge on any atom is -0.423 e. The van der Waals surface area contributed by atoms with E-state index in [0.29, 0.717) is 15.7 Å². The van der Waals surface area contributed by atoms with E-state index in [2.05, 4.69) is 10.1 Å². The second kappa shape index (κ2) is 8.69. The number of halogens is 2. The van der Waals surface area contributed by atoms with Gasteiger partial charge in [-0.25, -0.2) is 9.59 Å². The van der Waals surface area contributed by atoms with Gasteiger partial charge >= 0.3 is 18.0 Å². The van der Waals surface area contributed by atoms with Crippen molar-refractivity contribution in [1.82, 2.24) is 0 Å². The summed E-state index contributed by atoms with van der Waals surface area (Å²) in [5, 5.41) is 3.07. The van der Waals surface area contributed by atoms with Gasteiger partial charge < -0.3 is 9.47 Å². The van der Waals surface area contributed by atoms with Crippen LogP contribution in [-0.2, 0) is 9.53 Å². The van der Waals surface area contributed by atoms with Gasteiger partial charge in [0.2, 0.25) is 0 Å². The number of anilines is 1. The van der Waals surface area contributed by atoms with Gasteiger partial charge in [0.1, 0.15) is 5.75 Å². The van der Waals surface area contributed by atoms with E-state index in [0.717, 1.165) is 0 Å². The molecule has 0 aliphatic carbocycles. The van der Waals surface area contributed by atoms with Gasteiger partial charge in [-0.2, -0.15) is 0 Å². The molecule has 0 atom stereocenters. The number of carbonyl (C=O) groups is 3. The molecule has 0 spiro atoms. The summed E-state index contributed by atoms with van der Waals surface area (Å²) >= 11 is 11.7. The zero-order valence-electron chi connectivity index (χ0n) is 13.9. The zero-order valence-corrected chi connectivity index (χ0v) is 15.4. The van der Waals surface area contributed by atoms with E-state index in [4.69, 9.17) is 27.9 Å². The maximum absolute atomic E-state index is 12.1. The third-order valence-electron chi connectivity index (χ3n) is 3.08. The summed E-state index contributed by atoms with van der Waals surface area (Å²) in [6.45, 7) is 3.23. The maximum Gasteiger partial charge on any atom is 0.419 e. The number of hydrogen-bond donors (Lipinski definition) is 1. The molecule has 1 N–H and O–H groups in total. The lowest BCUT2D eigenvalue weighted by Crippen LogP contribution is -2.21. The standard InChI is InChI=1S/C18H15Cl2NO5/c1-10(2)16(22)26-18(24)21-14-5-3-11(4-6-14)17(23)25-15-8-12(19)7-13(20)9-15/h3-10H,1-2H3,(H,21,24). The number of benzene rings is 2. The van der Waals surface area contributed by atoms with Crippen molar-refractivity contribution in [1.29, 1.82) is 0 Å². The van der Waals surface area contributed by atoms with E-state index in [-0.39, 0.29) is 11.3 Å². The Morgan fingerprint density at radius 3 is 2.08 bits per heavy atom. The van der Waals surface area contributed by atoms with Gasteiger partial charge in [-0.1, -0.05) is 37.0 Å². The Labute approximate surface area is 160 Å². The minimum absolute atomic E-state index is 0.213. The number of carbonyl (C=O) groups excluding carboxylic acids is 3. The molecule has 0 saturated heterocycles. The first-order valence-electron chi connectivity index (χ1n) is 7.55. The summed E-state index contributed by atoms with van der Waals surface area (Å²) in [7, 11) is 0. The summed E-state index contributed by atoms with van der Waals surface area (Å²) < 4.78 is 9.79. The Kier molecular flexibility index (Phi) is 6.60. The van der Waals surface area contributed by atoms with Crippen molar-refractivity contribution in [3.05, 3.63) is 58.1 Å². The lowest BCUT2D eigenvalue weighted by atomic mass is 10.2. The van der Waals surface area contributed by atoms with E-state index in [9.17, 15) is 14.4 Å². The number of ether oxygens (including phenoxy) is 2. The molecule has 0 aliphatic rings. The SMILES string of the molecule is CC(C)C(=O)OC(=O)Nc1ccc(C(=O)Oc2cc(Cl)cc(Cl)c2)cc1. The average molecular weight is 396 g/mol. The van der Waals surface area contributed by atoms with Crippen molar-refractivity contribution in [2.24, 2.45) is 5.92 Å². The molecule has 0 heterocycles. The van der Waals surface area contributed by atoms with Crippen LogP contribution in [0.4, 0.5) is 10.5 Å². The van der Waals surface area contributed by atoms with Crippen molar-refractivity contribution in [2.75, 3.05) is 5.32 Å². The molecule has 1 amide bonds. The highest BCUT2D eigenvalue weighted by molar-refractivity contribution is 6.34. The number of amides is 1. The van der Waals surface area contributed by atoms with Crippen LogP contribution in [0.1, 0.15) is 24.2 Å². The highest BCUT2D eigenvalue weighted by Gasteiger charge is 2.15. The van der Waals surface area contributed by atoms with Crippen molar-refractivity contribution >= 4 is 46.9 Å². The van der Waals surface area contributed by atoms with Crippen molar-refractivity contribution in [3.8, 4) is 5.75 Å². The van der Waals surface area contributed by atoms with E-state index in [1.54, 1.807) is 13.8 Å². The largest absolute Gasteiger partial charge is 0.423 e.